The van der Waals surface area contributed by atoms with Crippen molar-refractivity contribution in [3.05, 3.63) is 0 Å². The third kappa shape index (κ3) is 2.00. The lowest BCUT2D eigenvalue weighted by Crippen LogP contribution is -1.92. The van der Waals surface area contributed by atoms with Gasteiger partial charge in [-0.15, -0.1) is 0 Å². The Morgan fingerprint density at radius 1 is 1.40 bits per heavy atom. The molecule has 1 saturated carbocycles. The molecule has 1 aliphatic carbocycles. The molecule has 60 valence electrons. The van der Waals surface area contributed by atoms with E-state index in [2.05, 4.69) is 20.8 Å². The average Bonchev–Trinajstić information content (AvgIpc) is 2.62. The van der Waals surface area contributed by atoms with E-state index < -0.39 is 0 Å². The first-order valence-corrected chi connectivity index (χ1v) is 4.75. The molecule has 0 aromatic rings. The summed E-state index contributed by atoms with van der Waals surface area (Å²) in [5.41, 5.74) is 0. The standard InChI is InChI=1S/C10H20/c1-4-5-6-9-7-10(9)8(2)3/h8-10H,4-7H2,1-3H3. The van der Waals surface area contributed by atoms with E-state index in [1.807, 2.05) is 0 Å². The maximum atomic E-state index is 2.36. The Labute approximate surface area is 65.0 Å². The lowest BCUT2D eigenvalue weighted by Gasteiger charge is -2.01. The van der Waals surface area contributed by atoms with Crippen LogP contribution in [-0.4, -0.2) is 0 Å². The second kappa shape index (κ2) is 3.41. The summed E-state index contributed by atoms with van der Waals surface area (Å²) >= 11 is 0. The van der Waals surface area contributed by atoms with Crippen LogP contribution in [0.5, 0.6) is 0 Å². The van der Waals surface area contributed by atoms with Crippen molar-refractivity contribution in [2.45, 2.75) is 46.5 Å². The summed E-state index contributed by atoms with van der Waals surface area (Å²) in [7, 11) is 0. The zero-order chi connectivity index (χ0) is 7.56. The molecule has 0 spiro atoms. The average molecular weight is 140 g/mol. The fourth-order valence-electron chi connectivity index (χ4n) is 1.89. The molecular formula is C10H20. The Bertz CT molecular complexity index is 94.2. The Morgan fingerprint density at radius 2 is 2.10 bits per heavy atom. The summed E-state index contributed by atoms with van der Waals surface area (Å²) in [5, 5.41) is 0. The Balaban J connectivity index is 2.02. The zero-order valence-electron chi connectivity index (χ0n) is 7.56. The molecule has 1 rings (SSSR count). The lowest BCUT2D eigenvalue weighted by atomic mass is 10.0. The second-order valence-electron chi connectivity index (χ2n) is 4.05. The molecule has 0 nitrogen and oxygen atoms in total. The van der Waals surface area contributed by atoms with Crippen molar-refractivity contribution in [3.8, 4) is 0 Å². The number of hydrogen-bond acceptors (Lipinski definition) is 0. The molecule has 0 aromatic heterocycles. The molecule has 0 heterocycles. The maximum absolute atomic E-state index is 2.36. The highest BCUT2D eigenvalue weighted by Gasteiger charge is 2.37. The van der Waals surface area contributed by atoms with Crippen molar-refractivity contribution in [2.75, 3.05) is 0 Å². The predicted octanol–water partition coefficient (Wildman–Crippen LogP) is 3.47. The van der Waals surface area contributed by atoms with Crippen molar-refractivity contribution in [2.24, 2.45) is 17.8 Å². The topological polar surface area (TPSA) is 0 Å². The molecule has 0 aromatic carbocycles. The van der Waals surface area contributed by atoms with E-state index in [0.29, 0.717) is 0 Å². The fraction of sp³-hybridized carbons (Fsp3) is 1.00. The van der Waals surface area contributed by atoms with Crippen LogP contribution in [0.3, 0.4) is 0 Å². The molecule has 0 bridgehead atoms. The number of hydrogen-bond donors (Lipinski definition) is 0. The fourth-order valence-corrected chi connectivity index (χ4v) is 1.89. The zero-order valence-corrected chi connectivity index (χ0v) is 7.56. The van der Waals surface area contributed by atoms with Gasteiger partial charge in [0.15, 0.2) is 0 Å². The number of unbranched alkanes of at least 4 members (excludes halogenated alkanes) is 1. The van der Waals surface area contributed by atoms with Crippen LogP contribution in [0.2, 0.25) is 0 Å². The molecule has 1 aliphatic rings. The molecular weight excluding hydrogens is 120 g/mol. The normalized spacial score (nSPS) is 31.2. The van der Waals surface area contributed by atoms with Crippen molar-refractivity contribution in [3.63, 3.8) is 0 Å². The predicted molar refractivity (Wildman–Crippen MR) is 46.0 cm³/mol. The van der Waals surface area contributed by atoms with Gasteiger partial charge in [0.25, 0.3) is 0 Å². The Morgan fingerprint density at radius 3 is 2.50 bits per heavy atom. The van der Waals surface area contributed by atoms with E-state index in [1.165, 1.54) is 25.7 Å². The molecule has 1 fully saturated rings. The second-order valence-corrected chi connectivity index (χ2v) is 4.05. The highest BCUT2D eigenvalue weighted by Crippen LogP contribution is 2.46. The van der Waals surface area contributed by atoms with Gasteiger partial charge < -0.3 is 0 Å². The van der Waals surface area contributed by atoms with Crippen molar-refractivity contribution >= 4 is 0 Å². The van der Waals surface area contributed by atoms with E-state index >= 15 is 0 Å². The molecule has 0 amide bonds. The minimum atomic E-state index is 0.946. The summed E-state index contributed by atoms with van der Waals surface area (Å²) in [6.45, 7) is 7.00. The highest BCUT2D eigenvalue weighted by molar-refractivity contribution is 4.87. The highest BCUT2D eigenvalue weighted by atomic mass is 14.4. The van der Waals surface area contributed by atoms with Crippen LogP contribution in [0.15, 0.2) is 0 Å². The smallest absolute Gasteiger partial charge is 0.0360 e. The quantitative estimate of drug-likeness (QED) is 0.561. The number of rotatable bonds is 4. The van der Waals surface area contributed by atoms with Crippen LogP contribution in [0.25, 0.3) is 0 Å². The largest absolute Gasteiger partial charge is 0.0654 e. The lowest BCUT2D eigenvalue weighted by molar-refractivity contribution is 0.494. The van der Waals surface area contributed by atoms with Crippen molar-refractivity contribution < 1.29 is 0 Å². The molecule has 10 heavy (non-hydrogen) atoms. The van der Waals surface area contributed by atoms with E-state index in [4.69, 9.17) is 0 Å². The summed E-state index contributed by atoms with van der Waals surface area (Å²) in [6, 6.07) is 0. The molecule has 0 heteroatoms. The molecule has 0 N–H and O–H groups in total. The first kappa shape index (κ1) is 8.10. The molecule has 0 radical (unpaired) electrons. The van der Waals surface area contributed by atoms with Gasteiger partial charge in [0, 0.05) is 0 Å². The Kier molecular flexibility index (Phi) is 2.76. The molecule has 2 atom stereocenters. The van der Waals surface area contributed by atoms with Crippen molar-refractivity contribution in [1.29, 1.82) is 0 Å². The van der Waals surface area contributed by atoms with E-state index in [0.717, 1.165) is 17.8 Å². The third-order valence-corrected chi connectivity index (χ3v) is 2.76. The van der Waals surface area contributed by atoms with Crippen LogP contribution in [0, 0.1) is 17.8 Å². The Hall–Kier alpha value is 0. The SMILES string of the molecule is CCCCC1CC1C(C)C. The third-order valence-electron chi connectivity index (χ3n) is 2.76. The van der Waals surface area contributed by atoms with E-state index in [9.17, 15) is 0 Å². The maximum Gasteiger partial charge on any atom is -0.0360 e. The van der Waals surface area contributed by atoms with Gasteiger partial charge in [-0.05, 0) is 24.2 Å². The van der Waals surface area contributed by atoms with E-state index in [1.54, 1.807) is 0 Å². The van der Waals surface area contributed by atoms with Gasteiger partial charge in [-0.2, -0.15) is 0 Å². The van der Waals surface area contributed by atoms with Gasteiger partial charge in [0.2, 0.25) is 0 Å². The van der Waals surface area contributed by atoms with Crippen LogP contribution in [0.1, 0.15) is 46.5 Å². The van der Waals surface area contributed by atoms with Gasteiger partial charge in [-0.25, -0.2) is 0 Å². The van der Waals surface area contributed by atoms with Gasteiger partial charge >= 0.3 is 0 Å². The van der Waals surface area contributed by atoms with Crippen molar-refractivity contribution in [1.82, 2.24) is 0 Å². The van der Waals surface area contributed by atoms with Crippen LogP contribution in [0.4, 0.5) is 0 Å². The van der Waals surface area contributed by atoms with Crippen LogP contribution < -0.4 is 0 Å². The minimum Gasteiger partial charge on any atom is -0.0654 e. The molecule has 2 unspecified atom stereocenters. The minimum absolute atomic E-state index is 0.946. The van der Waals surface area contributed by atoms with Gasteiger partial charge in [0.1, 0.15) is 0 Å². The van der Waals surface area contributed by atoms with Crippen LogP contribution in [-0.2, 0) is 0 Å². The summed E-state index contributed by atoms with van der Waals surface area (Å²) in [5.74, 6) is 3.15. The monoisotopic (exact) mass is 140 g/mol. The van der Waals surface area contributed by atoms with Crippen LogP contribution >= 0.6 is 0 Å². The first-order chi connectivity index (χ1) is 4.75. The van der Waals surface area contributed by atoms with Gasteiger partial charge in [0.05, 0.1) is 0 Å². The molecule has 0 saturated heterocycles. The van der Waals surface area contributed by atoms with E-state index in [-0.39, 0.29) is 0 Å². The molecule has 0 aliphatic heterocycles. The summed E-state index contributed by atoms with van der Waals surface area (Å²) in [6.07, 6.45) is 5.85. The van der Waals surface area contributed by atoms with Gasteiger partial charge in [-0.3, -0.25) is 0 Å². The first-order valence-electron chi connectivity index (χ1n) is 4.75. The summed E-state index contributed by atoms with van der Waals surface area (Å²) < 4.78 is 0. The van der Waals surface area contributed by atoms with Gasteiger partial charge in [-0.1, -0.05) is 40.0 Å². The summed E-state index contributed by atoms with van der Waals surface area (Å²) in [4.78, 5) is 0.